The monoisotopic (exact) mass is 431 g/mol. The molecule has 1 nitrogen and oxygen atoms in total. The molecule has 0 atom stereocenters. The Balaban J connectivity index is 2.59. The fraction of sp³-hybridized carbons (Fsp3) is 0.294. The lowest BCUT2D eigenvalue weighted by Crippen LogP contribution is -2.77. The minimum Gasteiger partial charge on any atom is -0.512 e. The van der Waals surface area contributed by atoms with Crippen molar-refractivity contribution in [1.29, 1.82) is 0 Å². The lowest BCUT2D eigenvalue weighted by atomic mass is 9.24. The topological polar surface area (TPSA) is 0 Å². The summed E-state index contributed by atoms with van der Waals surface area (Å²) >= 11 is 0. The van der Waals surface area contributed by atoms with E-state index in [0.717, 1.165) is 14.1 Å². The van der Waals surface area contributed by atoms with Crippen LogP contribution in [0.4, 0.5) is 43.9 Å². The zero-order valence-electron chi connectivity index (χ0n) is 14.9. The van der Waals surface area contributed by atoms with Gasteiger partial charge in [0.05, 0.1) is 0 Å². The molecule has 2 aromatic rings. The van der Waals surface area contributed by atoms with E-state index in [1.54, 1.807) is 0 Å². The maximum Gasteiger partial charge on any atom is 0.275 e. The Bertz CT molecular complexity index is 908. The number of nitrogens with zero attached hydrogens (tertiary/aromatic N) is 1. The average molecular weight is 431 g/mol. The summed E-state index contributed by atoms with van der Waals surface area (Å²) in [4.78, 5) is 0. The van der Waals surface area contributed by atoms with Crippen molar-refractivity contribution in [3.63, 3.8) is 0 Å². The van der Waals surface area contributed by atoms with Gasteiger partial charge in [-0.2, -0.15) is 0 Å². The minimum atomic E-state index is -3.69. The predicted molar refractivity (Wildman–Crippen MR) is 83.9 cm³/mol. The first-order valence-corrected chi connectivity index (χ1v) is 8.34. The molecule has 12 heteroatoms. The van der Waals surface area contributed by atoms with Crippen LogP contribution < -0.4 is 10.9 Å². The molecule has 1 aliphatic rings. The largest absolute Gasteiger partial charge is 0.512 e. The van der Waals surface area contributed by atoms with Crippen molar-refractivity contribution in [1.82, 2.24) is 0 Å². The van der Waals surface area contributed by atoms with Gasteiger partial charge in [-0.3, -0.25) is 0 Å². The Hall–Kier alpha value is -2.24. The van der Waals surface area contributed by atoms with Gasteiger partial charge >= 0.3 is 0 Å². The van der Waals surface area contributed by atoms with E-state index in [4.69, 9.17) is 0 Å². The van der Waals surface area contributed by atoms with Gasteiger partial charge in [-0.05, 0) is 6.42 Å². The summed E-state index contributed by atoms with van der Waals surface area (Å²) in [7, 11) is 2.31. The van der Waals surface area contributed by atoms with Crippen LogP contribution >= 0.6 is 0 Å². The van der Waals surface area contributed by atoms with Crippen LogP contribution in [0.5, 0.6) is 0 Å². The molecular weight excluding hydrogens is 419 g/mol. The van der Waals surface area contributed by atoms with E-state index >= 15 is 0 Å². The van der Waals surface area contributed by atoms with Crippen LogP contribution in [0, 0.1) is 58.2 Å². The molecule has 158 valence electrons. The van der Waals surface area contributed by atoms with Crippen LogP contribution in [-0.2, 0) is 0 Å². The number of halogens is 10. The van der Waals surface area contributed by atoms with Crippen LogP contribution in [0.2, 0.25) is 6.32 Å². The van der Waals surface area contributed by atoms with Gasteiger partial charge in [0.15, 0.2) is 34.9 Å². The number of rotatable bonds is 2. The van der Waals surface area contributed by atoms with E-state index in [1.165, 1.54) is 0 Å². The first-order valence-electron chi connectivity index (χ1n) is 8.34. The molecule has 1 aliphatic heterocycles. The van der Waals surface area contributed by atoms with Crippen molar-refractivity contribution in [2.75, 3.05) is 20.6 Å². The molecule has 0 bridgehead atoms. The third-order valence-electron chi connectivity index (χ3n) is 5.99. The first-order chi connectivity index (χ1) is 13.3. The maximum atomic E-state index is 14.7. The van der Waals surface area contributed by atoms with Crippen molar-refractivity contribution < 1.29 is 48.3 Å². The smallest absolute Gasteiger partial charge is 0.275 e. The molecule has 0 unspecified atom stereocenters. The number of quaternary nitrogens is 1. The normalized spacial score (nSPS) is 17.8. The van der Waals surface area contributed by atoms with E-state index in [2.05, 4.69) is 0 Å². The lowest BCUT2D eigenvalue weighted by molar-refractivity contribution is -0.780. The van der Waals surface area contributed by atoms with Crippen molar-refractivity contribution in [3.8, 4) is 0 Å². The van der Waals surface area contributed by atoms with Gasteiger partial charge < -0.3 is 4.39 Å². The second-order valence-electron chi connectivity index (χ2n) is 7.61. The standard InChI is InChI=1S/C17H12BF10N/c1-29(2)5-3-4-18(29,6-8(19)12(23)16(27)13(24)9(6)20)7-10(21)14(25)17(28)15(26)11(7)22/h3-5H2,1-2H3. The van der Waals surface area contributed by atoms with Crippen molar-refractivity contribution in [3.05, 3.63) is 58.2 Å². The highest BCUT2D eigenvalue weighted by Crippen LogP contribution is 2.35. The van der Waals surface area contributed by atoms with Crippen LogP contribution in [0.1, 0.15) is 6.42 Å². The summed E-state index contributed by atoms with van der Waals surface area (Å²) in [5.74, 6) is -24.0. The summed E-state index contributed by atoms with van der Waals surface area (Å²) in [5.41, 5.74) is -3.18. The zero-order valence-corrected chi connectivity index (χ0v) is 14.9. The molecule has 29 heavy (non-hydrogen) atoms. The first kappa shape index (κ1) is 21.5. The van der Waals surface area contributed by atoms with E-state index in [-0.39, 0.29) is 13.0 Å². The van der Waals surface area contributed by atoms with Gasteiger partial charge in [-0.25, -0.2) is 43.9 Å². The Morgan fingerprint density at radius 1 is 0.517 bits per heavy atom. The van der Waals surface area contributed by atoms with Crippen LogP contribution in [-0.4, -0.2) is 31.3 Å². The second-order valence-corrected chi connectivity index (χ2v) is 7.61. The molecule has 0 radical (unpaired) electrons. The SMILES string of the molecule is C[N+]1(C)CCC[B-]1(c1c(F)c(F)c(F)c(F)c1F)c1c(F)c(F)c(F)c(F)c1F. The summed E-state index contributed by atoms with van der Waals surface area (Å²) in [6, 6.07) is 0. The molecule has 2 aromatic carbocycles. The van der Waals surface area contributed by atoms with Crippen LogP contribution in [0.3, 0.4) is 0 Å². The zero-order chi connectivity index (χ0) is 22.0. The second kappa shape index (κ2) is 6.64. The number of hydrogen-bond donors (Lipinski definition) is 0. The number of hydrogen-bond acceptors (Lipinski definition) is 0. The van der Waals surface area contributed by atoms with Crippen LogP contribution in [0.25, 0.3) is 0 Å². The average Bonchev–Trinajstić information content (AvgIpc) is 2.97. The summed E-state index contributed by atoms with van der Waals surface area (Å²) in [5, 5.41) is 0. The van der Waals surface area contributed by atoms with Gasteiger partial charge in [0.2, 0.25) is 0 Å². The Kier molecular flexibility index (Phi) is 4.92. The molecule has 1 heterocycles. The summed E-state index contributed by atoms with van der Waals surface area (Å²) in [6.07, 6.45) is -4.31. The molecule has 1 fully saturated rings. The molecular formula is C17H12BF10N. The highest BCUT2D eigenvalue weighted by molar-refractivity contribution is 6.97. The van der Waals surface area contributed by atoms with Crippen molar-refractivity contribution in [2.24, 2.45) is 0 Å². The Morgan fingerprint density at radius 3 is 1.03 bits per heavy atom. The Labute approximate surface area is 158 Å². The van der Waals surface area contributed by atoms with E-state index in [1.807, 2.05) is 0 Å². The van der Waals surface area contributed by atoms with E-state index < -0.39 is 86.1 Å². The van der Waals surface area contributed by atoms with Gasteiger partial charge in [-0.15, -0.1) is 6.32 Å². The lowest BCUT2D eigenvalue weighted by Gasteiger charge is -2.51. The number of benzene rings is 2. The van der Waals surface area contributed by atoms with Crippen molar-refractivity contribution >= 4 is 17.2 Å². The van der Waals surface area contributed by atoms with E-state index in [9.17, 15) is 43.9 Å². The fourth-order valence-electron chi connectivity index (χ4n) is 4.58. The van der Waals surface area contributed by atoms with Crippen LogP contribution in [0.15, 0.2) is 0 Å². The van der Waals surface area contributed by atoms with Gasteiger partial charge in [-0.1, -0.05) is 10.9 Å². The van der Waals surface area contributed by atoms with Crippen molar-refractivity contribution in [2.45, 2.75) is 12.7 Å². The molecule has 0 N–H and O–H groups in total. The molecule has 1 saturated heterocycles. The third-order valence-corrected chi connectivity index (χ3v) is 5.99. The molecule has 0 amide bonds. The molecule has 0 aliphatic carbocycles. The summed E-state index contributed by atoms with van der Waals surface area (Å²) < 4.78 is 140. The predicted octanol–water partition coefficient (Wildman–Crippen LogP) is 3.62. The molecule has 0 aromatic heterocycles. The Morgan fingerprint density at radius 2 is 0.793 bits per heavy atom. The third kappa shape index (κ3) is 2.60. The van der Waals surface area contributed by atoms with Gasteiger partial charge in [0.25, 0.3) is 6.28 Å². The molecule has 0 saturated carbocycles. The molecule has 3 rings (SSSR count). The fourth-order valence-corrected chi connectivity index (χ4v) is 4.58. The van der Waals surface area contributed by atoms with Gasteiger partial charge in [0.1, 0.15) is 23.3 Å². The highest BCUT2D eigenvalue weighted by Gasteiger charge is 2.56. The van der Waals surface area contributed by atoms with Gasteiger partial charge in [0, 0.05) is 20.6 Å². The summed E-state index contributed by atoms with van der Waals surface area (Å²) in [6.45, 7) is -0.0843. The highest BCUT2D eigenvalue weighted by atomic mass is 19.2. The minimum absolute atomic E-state index is 0.0357. The quantitative estimate of drug-likeness (QED) is 0.295. The molecule has 0 spiro atoms. The maximum absolute atomic E-state index is 14.7. The van der Waals surface area contributed by atoms with E-state index in [0.29, 0.717) is 0 Å².